The number of rotatable bonds is 5. The summed E-state index contributed by atoms with van der Waals surface area (Å²) in [5.74, 6) is -0.867. The van der Waals surface area contributed by atoms with Crippen molar-refractivity contribution in [1.29, 1.82) is 0 Å². The third-order valence-electron chi connectivity index (χ3n) is 3.34. The van der Waals surface area contributed by atoms with E-state index in [2.05, 4.69) is 4.90 Å². The van der Waals surface area contributed by atoms with E-state index in [4.69, 9.17) is 4.74 Å². The van der Waals surface area contributed by atoms with Gasteiger partial charge in [-0.3, -0.25) is 0 Å². The first-order valence-electron chi connectivity index (χ1n) is 6.81. The van der Waals surface area contributed by atoms with Crippen LogP contribution in [-0.4, -0.2) is 30.3 Å². The fourth-order valence-corrected chi connectivity index (χ4v) is 2.45. The Bertz CT molecular complexity index is 462. The van der Waals surface area contributed by atoms with E-state index in [9.17, 15) is 9.90 Å². The van der Waals surface area contributed by atoms with Gasteiger partial charge in [0.2, 0.25) is 0 Å². The molecule has 0 aliphatic carbocycles. The van der Waals surface area contributed by atoms with Gasteiger partial charge in [0.25, 0.3) is 0 Å². The number of anilines is 1. The Morgan fingerprint density at radius 3 is 2.60 bits per heavy atom. The Hall–Kier alpha value is -0.550. The molecular weight excluding hydrogens is 265 g/mol. The number of carboxylic acid groups (broad SMARTS) is 1. The molecule has 0 aromatic heterocycles. The van der Waals surface area contributed by atoms with Crippen molar-refractivity contribution in [2.24, 2.45) is 0 Å². The van der Waals surface area contributed by atoms with Crippen LogP contribution in [0.15, 0.2) is 18.2 Å². The standard InChI is InChI=1S/C15H21NO3.Na.H/c1-11(2)19-10-12-6-5-7-13(15(17)18)14(12)16-8-3-4-9-16;;/h5-7,11H,3-4,8-10H2,1-2H3,(H,17,18);;/q;+1;-1. The molecule has 1 heterocycles. The van der Waals surface area contributed by atoms with Crippen LogP contribution in [0.25, 0.3) is 0 Å². The minimum atomic E-state index is -0.867. The Labute approximate surface area is 143 Å². The molecule has 0 unspecified atom stereocenters. The molecule has 0 radical (unpaired) electrons. The van der Waals surface area contributed by atoms with E-state index < -0.39 is 5.97 Å². The molecule has 1 aromatic rings. The second kappa shape index (κ2) is 8.03. The number of hydrogen-bond donors (Lipinski definition) is 1. The van der Waals surface area contributed by atoms with Gasteiger partial charge in [-0.15, -0.1) is 0 Å². The van der Waals surface area contributed by atoms with E-state index >= 15 is 0 Å². The van der Waals surface area contributed by atoms with Gasteiger partial charge in [-0.2, -0.15) is 0 Å². The molecule has 1 aromatic carbocycles. The maximum Gasteiger partial charge on any atom is 1.00 e. The van der Waals surface area contributed by atoms with E-state index in [1.54, 1.807) is 12.1 Å². The number of aromatic carboxylic acids is 1. The number of ether oxygens (including phenoxy) is 1. The van der Waals surface area contributed by atoms with Gasteiger partial charge in [-0.05, 0) is 32.8 Å². The number of hydrogen-bond acceptors (Lipinski definition) is 3. The van der Waals surface area contributed by atoms with Gasteiger partial charge < -0.3 is 16.2 Å². The molecule has 4 nitrogen and oxygen atoms in total. The summed E-state index contributed by atoms with van der Waals surface area (Å²) >= 11 is 0. The Balaban J connectivity index is 0.00000200. The molecule has 20 heavy (non-hydrogen) atoms. The van der Waals surface area contributed by atoms with Crippen molar-refractivity contribution < 1.29 is 45.6 Å². The summed E-state index contributed by atoms with van der Waals surface area (Å²) in [5.41, 5.74) is 2.19. The van der Waals surface area contributed by atoms with Crippen molar-refractivity contribution >= 4 is 11.7 Å². The molecule has 2 rings (SSSR count). The van der Waals surface area contributed by atoms with Crippen LogP contribution in [0.4, 0.5) is 5.69 Å². The zero-order valence-electron chi connectivity index (χ0n) is 13.6. The molecule has 1 aliphatic rings. The van der Waals surface area contributed by atoms with Gasteiger partial charge in [0.15, 0.2) is 0 Å². The van der Waals surface area contributed by atoms with Gasteiger partial charge >= 0.3 is 35.5 Å². The fourth-order valence-electron chi connectivity index (χ4n) is 2.45. The van der Waals surface area contributed by atoms with Crippen LogP contribution in [-0.2, 0) is 11.3 Å². The first kappa shape index (κ1) is 17.5. The predicted octanol–water partition coefficient (Wildman–Crippen LogP) is 0.0265. The largest absolute Gasteiger partial charge is 1.00 e. The molecule has 5 heteroatoms. The van der Waals surface area contributed by atoms with Crippen molar-refractivity contribution in [3.8, 4) is 0 Å². The van der Waals surface area contributed by atoms with Gasteiger partial charge in [-0.25, -0.2) is 4.79 Å². The molecule has 0 spiro atoms. The van der Waals surface area contributed by atoms with Crippen LogP contribution >= 0.6 is 0 Å². The molecule has 1 saturated heterocycles. The van der Waals surface area contributed by atoms with Crippen molar-refractivity contribution in [3.05, 3.63) is 29.3 Å². The smallest absolute Gasteiger partial charge is 1.00 e. The van der Waals surface area contributed by atoms with Crippen LogP contribution in [0.2, 0.25) is 0 Å². The molecule has 0 saturated carbocycles. The predicted molar refractivity (Wildman–Crippen MR) is 75.9 cm³/mol. The summed E-state index contributed by atoms with van der Waals surface area (Å²) in [6, 6.07) is 5.43. The number of nitrogens with zero attached hydrogens (tertiary/aromatic N) is 1. The van der Waals surface area contributed by atoms with Crippen LogP contribution in [0.1, 0.15) is 44.0 Å². The monoisotopic (exact) mass is 287 g/mol. The fraction of sp³-hybridized carbons (Fsp3) is 0.533. The zero-order valence-corrected chi connectivity index (χ0v) is 14.6. The maximum absolute atomic E-state index is 11.4. The van der Waals surface area contributed by atoms with Crippen LogP contribution in [0, 0.1) is 0 Å². The molecule has 0 bridgehead atoms. The molecule has 1 fully saturated rings. The summed E-state index contributed by atoms with van der Waals surface area (Å²) in [5, 5.41) is 9.36. The van der Waals surface area contributed by atoms with Gasteiger partial charge in [0.05, 0.1) is 24.0 Å². The summed E-state index contributed by atoms with van der Waals surface area (Å²) in [4.78, 5) is 13.6. The van der Waals surface area contributed by atoms with Crippen LogP contribution in [0.5, 0.6) is 0 Å². The molecule has 106 valence electrons. The third kappa shape index (κ3) is 4.22. The second-order valence-corrected chi connectivity index (χ2v) is 5.17. The molecular formula is C15H22NNaO3. The number of carbonyl (C=O) groups is 1. The van der Waals surface area contributed by atoms with E-state index in [-0.39, 0.29) is 37.1 Å². The Kier molecular flexibility index (Phi) is 7.03. The van der Waals surface area contributed by atoms with E-state index in [1.165, 1.54) is 0 Å². The topological polar surface area (TPSA) is 49.8 Å². The van der Waals surface area contributed by atoms with Crippen LogP contribution in [0.3, 0.4) is 0 Å². The molecule has 1 N–H and O–H groups in total. The third-order valence-corrected chi connectivity index (χ3v) is 3.34. The van der Waals surface area contributed by atoms with Gasteiger partial charge in [0, 0.05) is 18.7 Å². The Morgan fingerprint density at radius 2 is 2.05 bits per heavy atom. The van der Waals surface area contributed by atoms with Crippen molar-refractivity contribution in [2.45, 2.75) is 39.4 Å². The number of benzene rings is 1. The number of para-hydroxylation sites is 1. The zero-order chi connectivity index (χ0) is 13.8. The molecule has 1 aliphatic heterocycles. The molecule has 0 amide bonds. The maximum atomic E-state index is 11.4. The van der Waals surface area contributed by atoms with E-state index in [0.29, 0.717) is 12.2 Å². The van der Waals surface area contributed by atoms with Crippen molar-refractivity contribution in [2.75, 3.05) is 18.0 Å². The van der Waals surface area contributed by atoms with Gasteiger partial charge in [0.1, 0.15) is 0 Å². The Morgan fingerprint density at radius 1 is 1.40 bits per heavy atom. The van der Waals surface area contributed by atoms with Gasteiger partial charge in [-0.1, -0.05) is 12.1 Å². The summed E-state index contributed by atoms with van der Waals surface area (Å²) in [7, 11) is 0. The summed E-state index contributed by atoms with van der Waals surface area (Å²) in [6.07, 6.45) is 2.39. The average Bonchev–Trinajstić information content (AvgIpc) is 2.89. The number of carboxylic acids is 1. The normalized spacial score (nSPS) is 14.4. The second-order valence-electron chi connectivity index (χ2n) is 5.17. The van der Waals surface area contributed by atoms with Crippen molar-refractivity contribution in [1.82, 2.24) is 0 Å². The first-order chi connectivity index (χ1) is 9.09. The summed E-state index contributed by atoms with van der Waals surface area (Å²) < 4.78 is 5.64. The van der Waals surface area contributed by atoms with E-state index in [0.717, 1.165) is 37.2 Å². The minimum Gasteiger partial charge on any atom is -1.00 e. The first-order valence-corrected chi connectivity index (χ1v) is 6.81. The van der Waals surface area contributed by atoms with Crippen molar-refractivity contribution in [3.63, 3.8) is 0 Å². The van der Waals surface area contributed by atoms with E-state index in [1.807, 2.05) is 19.9 Å². The van der Waals surface area contributed by atoms with Crippen LogP contribution < -0.4 is 34.5 Å². The average molecular weight is 287 g/mol. The molecule has 0 atom stereocenters. The minimum absolute atomic E-state index is 0. The summed E-state index contributed by atoms with van der Waals surface area (Å²) in [6.45, 7) is 6.29. The SMILES string of the molecule is CC(C)OCc1cccc(C(=O)O)c1N1CCCC1.[H-].[Na+]. The quantitative estimate of drug-likeness (QED) is 0.776.